The van der Waals surface area contributed by atoms with E-state index in [1.54, 1.807) is 25.3 Å². The number of ether oxygens (including phenoxy) is 3. The lowest BCUT2D eigenvalue weighted by molar-refractivity contribution is -0.116. The number of anilines is 1. The Morgan fingerprint density at radius 3 is 2.86 bits per heavy atom. The van der Waals surface area contributed by atoms with Crippen LogP contribution in [0.4, 0.5) is 5.69 Å². The van der Waals surface area contributed by atoms with Gasteiger partial charge in [-0.15, -0.1) is 0 Å². The van der Waals surface area contributed by atoms with Crippen LogP contribution in [-0.4, -0.2) is 44.2 Å². The second-order valence-corrected chi connectivity index (χ2v) is 7.68. The van der Waals surface area contributed by atoms with E-state index >= 15 is 0 Å². The van der Waals surface area contributed by atoms with Gasteiger partial charge < -0.3 is 19.5 Å². The second-order valence-electron chi connectivity index (χ2n) is 7.24. The predicted molar refractivity (Wildman–Crippen MR) is 112 cm³/mol. The molecule has 1 unspecified atom stereocenters. The van der Waals surface area contributed by atoms with Crippen molar-refractivity contribution in [1.29, 1.82) is 0 Å². The smallest absolute Gasteiger partial charge is 0.225 e. The first-order valence-electron chi connectivity index (χ1n) is 9.91. The number of fused-ring (bicyclic) bond motifs is 1. The monoisotopic (exact) mass is 416 g/mol. The van der Waals surface area contributed by atoms with E-state index in [1.165, 1.54) is 5.56 Å². The van der Waals surface area contributed by atoms with Crippen molar-refractivity contribution < 1.29 is 19.0 Å². The van der Waals surface area contributed by atoms with Crippen molar-refractivity contribution in [2.75, 3.05) is 38.7 Å². The van der Waals surface area contributed by atoms with Gasteiger partial charge in [0.1, 0.15) is 19.0 Å². The van der Waals surface area contributed by atoms with Gasteiger partial charge in [-0.05, 0) is 55.3 Å². The first-order valence-corrected chi connectivity index (χ1v) is 10.3. The van der Waals surface area contributed by atoms with E-state index in [4.69, 9.17) is 25.8 Å². The molecule has 2 heterocycles. The van der Waals surface area contributed by atoms with Gasteiger partial charge in [0.2, 0.25) is 5.91 Å². The van der Waals surface area contributed by atoms with Crippen LogP contribution < -0.4 is 19.5 Å². The quantitative estimate of drug-likeness (QED) is 0.761. The van der Waals surface area contributed by atoms with Crippen LogP contribution in [0, 0.1) is 0 Å². The molecule has 0 saturated carbocycles. The van der Waals surface area contributed by atoms with Crippen molar-refractivity contribution in [3.63, 3.8) is 0 Å². The minimum Gasteiger partial charge on any atom is -0.495 e. The minimum absolute atomic E-state index is 0.0570. The average molecular weight is 417 g/mol. The number of carbonyl (C=O) groups is 1. The fourth-order valence-corrected chi connectivity index (χ4v) is 4.15. The average Bonchev–Trinajstić information content (AvgIpc) is 3.21. The molecule has 4 rings (SSSR count). The summed E-state index contributed by atoms with van der Waals surface area (Å²) < 4.78 is 16.6. The van der Waals surface area contributed by atoms with Crippen LogP contribution in [0.1, 0.15) is 30.9 Å². The van der Waals surface area contributed by atoms with Crippen LogP contribution in [0.5, 0.6) is 17.2 Å². The number of amides is 1. The van der Waals surface area contributed by atoms with Gasteiger partial charge in [-0.3, -0.25) is 9.69 Å². The minimum atomic E-state index is -0.0570. The highest BCUT2D eigenvalue weighted by Crippen LogP contribution is 2.38. The summed E-state index contributed by atoms with van der Waals surface area (Å²) in [5.74, 6) is 2.15. The van der Waals surface area contributed by atoms with Gasteiger partial charge in [0.25, 0.3) is 0 Å². The first-order chi connectivity index (χ1) is 14.1. The fraction of sp³-hybridized carbons (Fsp3) is 0.409. The molecule has 1 saturated heterocycles. The van der Waals surface area contributed by atoms with E-state index in [0.29, 0.717) is 48.7 Å². The molecule has 2 aromatic rings. The lowest BCUT2D eigenvalue weighted by Crippen LogP contribution is -2.28. The molecule has 1 N–H and O–H groups in total. The predicted octanol–water partition coefficient (Wildman–Crippen LogP) is 4.29. The lowest BCUT2D eigenvalue weighted by Gasteiger charge is -2.26. The molecule has 0 aliphatic carbocycles. The number of rotatable bonds is 6. The third-order valence-corrected chi connectivity index (χ3v) is 5.61. The summed E-state index contributed by atoms with van der Waals surface area (Å²) in [5, 5.41) is 3.47. The highest BCUT2D eigenvalue weighted by Gasteiger charge is 2.27. The summed E-state index contributed by atoms with van der Waals surface area (Å²) in [4.78, 5) is 14.9. The maximum Gasteiger partial charge on any atom is 0.225 e. The van der Waals surface area contributed by atoms with Crippen molar-refractivity contribution in [3.8, 4) is 17.2 Å². The Balaban J connectivity index is 1.38. The Morgan fingerprint density at radius 2 is 2.03 bits per heavy atom. The number of hydrogen-bond acceptors (Lipinski definition) is 5. The molecular formula is C22H25ClN2O4. The Kier molecular flexibility index (Phi) is 6.11. The Bertz CT molecular complexity index is 889. The molecule has 154 valence electrons. The van der Waals surface area contributed by atoms with Crippen LogP contribution in [0.25, 0.3) is 0 Å². The van der Waals surface area contributed by atoms with E-state index in [2.05, 4.69) is 22.3 Å². The van der Waals surface area contributed by atoms with Gasteiger partial charge in [-0.1, -0.05) is 17.7 Å². The molecule has 7 heteroatoms. The zero-order valence-corrected chi connectivity index (χ0v) is 17.2. The number of carbonyl (C=O) groups excluding carboxylic acids is 1. The zero-order valence-electron chi connectivity index (χ0n) is 16.4. The highest BCUT2D eigenvalue weighted by molar-refractivity contribution is 6.31. The van der Waals surface area contributed by atoms with Crippen LogP contribution in [0.15, 0.2) is 36.4 Å². The molecule has 0 bridgehead atoms. The highest BCUT2D eigenvalue weighted by atomic mass is 35.5. The molecule has 0 radical (unpaired) electrons. The van der Waals surface area contributed by atoms with Crippen LogP contribution in [0.2, 0.25) is 5.02 Å². The van der Waals surface area contributed by atoms with Gasteiger partial charge in [-0.25, -0.2) is 0 Å². The normalized spacial score (nSPS) is 18.5. The Labute approximate surface area is 175 Å². The molecule has 2 aliphatic heterocycles. The maximum absolute atomic E-state index is 12.5. The van der Waals surface area contributed by atoms with Gasteiger partial charge in [0.15, 0.2) is 11.5 Å². The first kappa shape index (κ1) is 19.9. The number of nitrogens with one attached hydrogen (secondary N) is 1. The third kappa shape index (κ3) is 4.60. The summed E-state index contributed by atoms with van der Waals surface area (Å²) >= 11 is 6.04. The van der Waals surface area contributed by atoms with Crippen molar-refractivity contribution >= 4 is 23.2 Å². The van der Waals surface area contributed by atoms with Crippen molar-refractivity contribution in [2.24, 2.45) is 0 Å². The van der Waals surface area contributed by atoms with Crippen molar-refractivity contribution in [3.05, 3.63) is 47.0 Å². The molecule has 1 fully saturated rings. The summed E-state index contributed by atoms with van der Waals surface area (Å²) in [7, 11) is 1.57. The number of halogens is 1. The molecule has 6 nitrogen and oxygen atoms in total. The lowest BCUT2D eigenvalue weighted by atomic mass is 10.0. The Morgan fingerprint density at radius 1 is 1.21 bits per heavy atom. The number of likely N-dealkylation sites (tertiary alicyclic amines) is 1. The molecule has 1 amide bonds. The molecular weight excluding hydrogens is 392 g/mol. The maximum atomic E-state index is 12.5. The summed E-state index contributed by atoms with van der Waals surface area (Å²) in [6.45, 7) is 2.84. The third-order valence-electron chi connectivity index (χ3n) is 5.38. The van der Waals surface area contributed by atoms with Gasteiger partial charge in [0, 0.05) is 24.0 Å². The molecule has 2 aliphatic rings. The molecule has 1 atom stereocenters. The van der Waals surface area contributed by atoms with Gasteiger partial charge >= 0.3 is 0 Å². The van der Waals surface area contributed by atoms with E-state index in [1.807, 2.05) is 6.07 Å². The van der Waals surface area contributed by atoms with Crippen molar-refractivity contribution in [1.82, 2.24) is 4.90 Å². The van der Waals surface area contributed by atoms with E-state index in [-0.39, 0.29) is 5.91 Å². The topological polar surface area (TPSA) is 60.0 Å². The van der Waals surface area contributed by atoms with Crippen LogP contribution in [-0.2, 0) is 4.79 Å². The number of benzene rings is 2. The Hall–Kier alpha value is -2.44. The number of nitrogens with zero attached hydrogens (tertiary/aromatic N) is 1. The molecule has 0 spiro atoms. The van der Waals surface area contributed by atoms with E-state index < -0.39 is 0 Å². The standard InChI is InChI=1S/C22H25ClN2O4/c1-27-19-7-5-16(23)14-17(19)24-22(26)8-10-25-9-2-3-18(25)15-4-6-20-21(13-15)29-12-11-28-20/h4-7,13-14,18H,2-3,8-12H2,1H3,(H,24,26). The largest absolute Gasteiger partial charge is 0.495 e. The summed E-state index contributed by atoms with van der Waals surface area (Å²) in [6.07, 6.45) is 2.59. The molecule has 2 aromatic carbocycles. The van der Waals surface area contributed by atoms with Crippen LogP contribution in [0.3, 0.4) is 0 Å². The van der Waals surface area contributed by atoms with E-state index in [0.717, 1.165) is 30.9 Å². The van der Waals surface area contributed by atoms with Crippen LogP contribution >= 0.6 is 11.6 Å². The fourth-order valence-electron chi connectivity index (χ4n) is 3.97. The van der Waals surface area contributed by atoms with Gasteiger partial charge in [-0.2, -0.15) is 0 Å². The second kappa shape index (κ2) is 8.93. The number of methoxy groups -OCH3 is 1. The SMILES string of the molecule is COc1ccc(Cl)cc1NC(=O)CCN1CCCC1c1ccc2c(c1)OCCO2. The zero-order chi connectivity index (χ0) is 20.2. The van der Waals surface area contributed by atoms with E-state index in [9.17, 15) is 4.79 Å². The van der Waals surface area contributed by atoms with Crippen molar-refractivity contribution in [2.45, 2.75) is 25.3 Å². The van der Waals surface area contributed by atoms with Gasteiger partial charge in [0.05, 0.1) is 12.8 Å². The summed E-state index contributed by atoms with van der Waals surface area (Å²) in [6, 6.07) is 11.6. The summed E-state index contributed by atoms with van der Waals surface area (Å²) in [5.41, 5.74) is 1.80. The molecule has 0 aromatic heterocycles. The number of hydrogen-bond donors (Lipinski definition) is 1. The molecule has 29 heavy (non-hydrogen) atoms.